The molecule has 2 aromatic carbocycles. The van der Waals surface area contributed by atoms with E-state index in [9.17, 15) is 9.59 Å². The smallest absolute Gasteiger partial charge is 0.229 e. The van der Waals surface area contributed by atoms with Crippen molar-refractivity contribution in [1.29, 1.82) is 0 Å². The molecular weight excluding hydrogens is 359 g/mol. The fourth-order valence-corrected chi connectivity index (χ4v) is 3.21. The fraction of sp³-hybridized carbons (Fsp3) is 0.263. The number of likely N-dealkylation sites (tertiary alicyclic amines) is 1. The van der Waals surface area contributed by atoms with Gasteiger partial charge in [0.1, 0.15) is 0 Å². The fourth-order valence-electron chi connectivity index (χ4n) is 2.89. The van der Waals surface area contributed by atoms with E-state index in [4.69, 9.17) is 23.2 Å². The summed E-state index contributed by atoms with van der Waals surface area (Å²) in [5.74, 6) is -0.471. The van der Waals surface area contributed by atoms with Gasteiger partial charge in [0.15, 0.2) is 0 Å². The molecule has 0 spiro atoms. The minimum atomic E-state index is -0.336. The third-order valence-corrected chi connectivity index (χ3v) is 4.75. The van der Waals surface area contributed by atoms with Crippen LogP contribution in [-0.2, 0) is 16.0 Å². The molecule has 1 saturated heterocycles. The lowest BCUT2D eigenvalue weighted by molar-refractivity contribution is -0.128. The molecule has 1 aliphatic heterocycles. The Labute approximate surface area is 156 Å². The molecular formula is C19H18Cl2N2O2. The summed E-state index contributed by atoms with van der Waals surface area (Å²) in [6.45, 7) is 1.04. The third-order valence-electron chi connectivity index (χ3n) is 4.26. The van der Waals surface area contributed by atoms with Gasteiger partial charge in [-0.05, 0) is 42.3 Å². The first-order valence-electron chi connectivity index (χ1n) is 8.10. The molecule has 0 radical (unpaired) electrons. The molecule has 1 aliphatic rings. The zero-order valence-electron chi connectivity index (χ0n) is 13.5. The van der Waals surface area contributed by atoms with E-state index < -0.39 is 0 Å². The molecule has 6 heteroatoms. The normalized spacial score (nSPS) is 17.0. The van der Waals surface area contributed by atoms with Gasteiger partial charge in [0, 0.05) is 35.2 Å². The van der Waals surface area contributed by atoms with Crippen molar-refractivity contribution in [1.82, 2.24) is 4.90 Å². The van der Waals surface area contributed by atoms with Gasteiger partial charge >= 0.3 is 0 Å². The van der Waals surface area contributed by atoms with E-state index in [1.54, 1.807) is 29.2 Å². The lowest BCUT2D eigenvalue weighted by Gasteiger charge is -2.16. The Morgan fingerprint density at radius 1 is 1.12 bits per heavy atom. The van der Waals surface area contributed by atoms with Crippen molar-refractivity contribution in [3.8, 4) is 0 Å². The zero-order valence-corrected chi connectivity index (χ0v) is 15.1. The molecule has 1 N–H and O–H groups in total. The molecule has 2 amide bonds. The van der Waals surface area contributed by atoms with Crippen molar-refractivity contribution in [3.05, 3.63) is 64.1 Å². The molecule has 1 fully saturated rings. The number of hydrogen-bond acceptors (Lipinski definition) is 2. The summed E-state index contributed by atoms with van der Waals surface area (Å²) in [7, 11) is 0. The quantitative estimate of drug-likeness (QED) is 0.856. The van der Waals surface area contributed by atoms with E-state index in [1.807, 2.05) is 24.3 Å². The van der Waals surface area contributed by atoms with Crippen LogP contribution in [0.1, 0.15) is 12.0 Å². The first-order chi connectivity index (χ1) is 12.0. The van der Waals surface area contributed by atoms with Crippen LogP contribution in [0.3, 0.4) is 0 Å². The molecule has 3 rings (SSSR count). The van der Waals surface area contributed by atoms with Gasteiger partial charge in [-0.3, -0.25) is 9.59 Å². The van der Waals surface area contributed by atoms with Crippen LogP contribution in [0.4, 0.5) is 5.69 Å². The van der Waals surface area contributed by atoms with Gasteiger partial charge in [0.2, 0.25) is 11.8 Å². The van der Waals surface area contributed by atoms with Crippen LogP contribution in [0, 0.1) is 5.92 Å². The van der Waals surface area contributed by atoms with Crippen molar-refractivity contribution < 1.29 is 9.59 Å². The van der Waals surface area contributed by atoms with E-state index in [0.717, 1.165) is 12.0 Å². The highest BCUT2D eigenvalue weighted by molar-refractivity contribution is 6.31. The van der Waals surface area contributed by atoms with Crippen molar-refractivity contribution in [2.75, 3.05) is 18.4 Å². The van der Waals surface area contributed by atoms with Crippen molar-refractivity contribution in [2.24, 2.45) is 5.92 Å². The largest absolute Gasteiger partial charge is 0.342 e. The van der Waals surface area contributed by atoms with Crippen LogP contribution >= 0.6 is 23.2 Å². The van der Waals surface area contributed by atoms with Crippen LogP contribution in [0.2, 0.25) is 10.0 Å². The Morgan fingerprint density at radius 2 is 1.88 bits per heavy atom. The number of benzene rings is 2. The number of anilines is 1. The predicted molar refractivity (Wildman–Crippen MR) is 99.9 cm³/mol. The molecule has 1 atom stereocenters. The van der Waals surface area contributed by atoms with Gasteiger partial charge in [0.05, 0.1) is 5.92 Å². The second-order valence-electron chi connectivity index (χ2n) is 6.12. The SMILES string of the molecule is O=C(Nc1cccc(Cl)c1)C1CC(=O)N(CCc2ccc(Cl)cc2)C1. The second kappa shape index (κ2) is 7.89. The van der Waals surface area contributed by atoms with Gasteiger partial charge in [-0.15, -0.1) is 0 Å². The predicted octanol–water partition coefficient (Wildman–Crippen LogP) is 4.02. The highest BCUT2D eigenvalue weighted by Gasteiger charge is 2.34. The van der Waals surface area contributed by atoms with Crippen LogP contribution < -0.4 is 5.32 Å². The zero-order chi connectivity index (χ0) is 17.8. The number of halogens is 2. The maximum absolute atomic E-state index is 12.4. The Morgan fingerprint density at radius 3 is 2.60 bits per heavy atom. The van der Waals surface area contributed by atoms with Gasteiger partial charge < -0.3 is 10.2 Å². The second-order valence-corrected chi connectivity index (χ2v) is 6.99. The standard InChI is InChI=1S/C19H18Cl2N2O2/c20-15-6-4-13(5-7-15)8-9-23-12-14(10-18(23)24)19(25)22-17-3-1-2-16(21)11-17/h1-7,11,14H,8-10,12H2,(H,22,25). The molecule has 0 bridgehead atoms. The molecule has 25 heavy (non-hydrogen) atoms. The minimum Gasteiger partial charge on any atom is -0.342 e. The lowest BCUT2D eigenvalue weighted by Crippen LogP contribution is -2.30. The number of amides is 2. The van der Waals surface area contributed by atoms with E-state index in [0.29, 0.717) is 28.8 Å². The maximum Gasteiger partial charge on any atom is 0.229 e. The summed E-state index contributed by atoms with van der Waals surface area (Å²) >= 11 is 11.8. The number of nitrogens with one attached hydrogen (secondary N) is 1. The summed E-state index contributed by atoms with van der Waals surface area (Å²) < 4.78 is 0. The molecule has 4 nitrogen and oxygen atoms in total. The molecule has 0 aromatic heterocycles. The summed E-state index contributed by atoms with van der Waals surface area (Å²) in [4.78, 5) is 26.3. The summed E-state index contributed by atoms with van der Waals surface area (Å²) in [6.07, 6.45) is 0.985. The average Bonchev–Trinajstić information content (AvgIpc) is 2.95. The highest BCUT2D eigenvalue weighted by atomic mass is 35.5. The summed E-state index contributed by atoms with van der Waals surface area (Å²) in [5.41, 5.74) is 1.76. The van der Waals surface area contributed by atoms with E-state index >= 15 is 0 Å². The first-order valence-corrected chi connectivity index (χ1v) is 8.85. The molecule has 0 saturated carbocycles. The minimum absolute atomic E-state index is 0.0141. The summed E-state index contributed by atoms with van der Waals surface area (Å²) in [5, 5.41) is 4.08. The first kappa shape index (κ1) is 17.8. The Bertz CT molecular complexity index is 777. The van der Waals surface area contributed by atoms with Crippen molar-refractivity contribution in [2.45, 2.75) is 12.8 Å². The molecule has 130 valence electrons. The Kier molecular flexibility index (Phi) is 5.61. The lowest BCUT2D eigenvalue weighted by atomic mass is 10.1. The monoisotopic (exact) mass is 376 g/mol. The molecule has 2 aromatic rings. The van der Waals surface area contributed by atoms with Crippen LogP contribution in [0.5, 0.6) is 0 Å². The van der Waals surface area contributed by atoms with Crippen LogP contribution in [0.15, 0.2) is 48.5 Å². The average molecular weight is 377 g/mol. The number of hydrogen-bond donors (Lipinski definition) is 1. The van der Waals surface area contributed by atoms with Gasteiger partial charge in [-0.2, -0.15) is 0 Å². The Hall–Kier alpha value is -2.04. The number of carbonyl (C=O) groups is 2. The van der Waals surface area contributed by atoms with E-state index in [-0.39, 0.29) is 24.2 Å². The van der Waals surface area contributed by atoms with Gasteiger partial charge in [-0.25, -0.2) is 0 Å². The van der Waals surface area contributed by atoms with Crippen molar-refractivity contribution >= 4 is 40.7 Å². The van der Waals surface area contributed by atoms with Crippen LogP contribution in [-0.4, -0.2) is 29.8 Å². The van der Waals surface area contributed by atoms with Crippen LogP contribution in [0.25, 0.3) is 0 Å². The third kappa shape index (κ3) is 4.74. The van der Waals surface area contributed by atoms with Gasteiger partial charge in [0.25, 0.3) is 0 Å². The highest BCUT2D eigenvalue weighted by Crippen LogP contribution is 2.22. The summed E-state index contributed by atoms with van der Waals surface area (Å²) in [6, 6.07) is 14.6. The van der Waals surface area contributed by atoms with Gasteiger partial charge in [-0.1, -0.05) is 41.4 Å². The molecule has 0 aliphatic carbocycles. The van der Waals surface area contributed by atoms with Crippen molar-refractivity contribution in [3.63, 3.8) is 0 Å². The number of nitrogens with zero attached hydrogens (tertiary/aromatic N) is 1. The topological polar surface area (TPSA) is 49.4 Å². The number of rotatable bonds is 5. The maximum atomic E-state index is 12.4. The molecule has 1 unspecified atom stereocenters. The number of carbonyl (C=O) groups excluding carboxylic acids is 2. The Balaban J connectivity index is 1.54. The van der Waals surface area contributed by atoms with E-state index in [1.165, 1.54) is 0 Å². The molecule has 1 heterocycles. The van der Waals surface area contributed by atoms with E-state index in [2.05, 4.69) is 5.32 Å².